The lowest BCUT2D eigenvalue weighted by molar-refractivity contribution is 0.192. The molecule has 0 aliphatic rings. The average Bonchev–Trinajstić information content (AvgIpc) is 2.29. The van der Waals surface area contributed by atoms with Gasteiger partial charge in [0.05, 0.1) is 17.2 Å². The van der Waals surface area contributed by atoms with E-state index in [1.165, 1.54) is 12.1 Å². The van der Waals surface area contributed by atoms with E-state index in [9.17, 15) is 8.42 Å². The van der Waals surface area contributed by atoms with E-state index in [4.69, 9.17) is 15.2 Å². The Kier molecular flexibility index (Phi) is 4.77. The van der Waals surface area contributed by atoms with Gasteiger partial charge >= 0.3 is 0 Å². The third kappa shape index (κ3) is 3.61. The molecule has 0 aliphatic carbocycles. The normalized spacial score (nSPS) is 11.4. The van der Waals surface area contributed by atoms with Crippen LogP contribution in [0.15, 0.2) is 23.1 Å². The Morgan fingerprint density at radius 1 is 1.24 bits per heavy atom. The highest BCUT2D eigenvalue weighted by atomic mass is 32.2. The summed E-state index contributed by atoms with van der Waals surface area (Å²) in [6.07, 6.45) is 0. The molecule has 17 heavy (non-hydrogen) atoms. The molecule has 1 aromatic carbocycles. The first-order chi connectivity index (χ1) is 8.01. The smallest absolute Gasteiger partial charge is 0.204 e. The van der Waals surface area contributed by atoms with Crippen molar-refractivity contribution in [2.75, 3.05) is 24.9 Å². The highest BCUT2D eigenvalue weighted by Crippen LogP contribution is 2.25. The lowest BCUT2D eigenvalue weighted by Crippen LogP contribution is -2.12. The molecule has 0 fully saturated rings. The number of nitrogens with two attached hydrogens (primary N) is 1. The Labute approximate surface area is 101 Å². The molecule has 0 aromatic heterocycles. The van der Waals surface area contributed by atoms with Gasteiger partial charge in [-0.3, -0.25) is 0 Å². The number of rotatable bonds is 6. The average molecular weight is 259 g/mol. The second-order valence-corrected chi connectivity index (χ2v) is 5.26. The molecule has 0 amide bonds. The monoisotopic (exact) mass is 259 g/mol. The second-order valence-electron chi connectivity index (χ2n) is 3.36. The summed E-state index contributed by atoms with van der Waals surface area (Å²) in [6.45, 7) is 4.36. The highest BCUT2D eigenvalue weighted by molar-refractivity contribution is 7.91. The minimum atomic E-state index is -3.52. The van der Waals surface area contributed by atoms with E-state index in [1.54, 1.807) is 13.0 Å². The van der Waals surface area contributed by atoms with Gasteiger partial charge < -0.3 is 15.2 Å². The van der Waals surface area contributed by atoms with Crippen LogP contribution in [0.4, 0.5) is 5.69 Å². The zero-order valence-corrected chi connectivity index (χ0v) is 10.8. The van der Waals surface area contributed by atoms with Crippen LogP contribution in [0.2, 0.25) is 0 Å². The van der Waals surface area contributed by atoms with Crippen molar-refractivity contribution >= 4 is 15.5 Å². The summed E-state index contributed by atoms with van der Waals surface area (Å²) in [5, 5.41) is 0. The maximum absolute atomic E-state index is 11.9. The summed E-state index contributed by atoms with van der Waals surface area (Å²) in [6, 6.07) is 4.58. The van der Waals surface area contributed by atoms with E-state index in [1.807, 2.05) is 6.92 Å². The fourth-order valence-electron chi connectivity index (χ4n) is 1.30. The van der Waals surface area contributed by atoms with Crippen molar-refractivity contribution in [3.63, 3.8) is 0 Å². The van der Waals surface area contributed by atoms with Gasteiger partial charge in [0.1, 0.15) is 5.75 Å². The van der Waals surface area contributed by atoms with E-state index in [0.29, 0.717) is 19.0 Å². The number of ether oxygens (including phenoxy) is 2. The van der Waals surface area contributed by atoms with Crippen LogP contribution < -0.4 is 10.5 Å². The van der Waals surface area contributed by atoms with E-state index < -0.39 is 9.84 Å². The predicted molar refractivity (Wildman–Crippen MR) is 65.7 cm³/mol. The molecule has 0 saturated heterocycles. The summed E-state index contributed by atoms with van der Waals surface area (Å²) in [5.41, 5.74) is 5.86. The first-order valence-electron chi connectivity index (χ1n) is 5.34. The first-order valence-corrected chi connectivity index (χ1v) is 6.99. The largest absolute Gasteiger partial charge is 0.494 e. The van der Waals surface area contributed by atoms with Crippen LogP contribution >= 0.6 is 0 Å². The van der Waals surface area contributed by atoms with Gasteiger partial charge in [-0.25, -0.2) is 8.42 Å². The molecule has 0 atom stereocenters. The minimum absolute atomic E-state index is 0.0527. The molecule has 0 bridgehead atoms. The quantitative estimate of drug-likeness (QED) is 0.782. The van der Waals surface area contributed by atoms with Gasteiger partial charge in [0.15, 0.2) is 5.94 Å². The summed E-state index contributed by atoms with van der Waals surface area (Å²) in [5.74, 6) is 0.111. The number of anilines is 1. The lowest BCUT2D eigenvalue weighted by Gasteiger charge is -2.10. The molecule has 0 unspecified atom stereocenters. The maximum atomic E-state index is 11.9. The molecule has 6 heteroatoms. The van der Waals surface area contributed by atoms with Crippen molar-refractivity contribution in [3.05, 3.63) is 18.2 Å². The molecule has 0 spiro atoms. The van der Waals surface area contributed by atoms with Gasteiger partial charge in [0.25, 0.3) is 0 Å². The van der Waals surface area contributed by atoms with Crippen molar-refractivity contribution in [1.29, 1.82) is 0 Å². The molecule has 1 rings (SSSR count). The zero-order valence-electron chi connectivity index (χ0n) is 9.97. The van der Waals surface area contributed by atoms with Crippen LogP contribution in [0.3, 0.4) is 0 Å². The molecule has 1 aromatic rings. The minimum Gasteiger partial charge on any atom is -0.494 e. The molecular weight excluding hydrogens is 242 g/mol. The summed E-state index contributed by atoms with van der Waals surface area (Å²) < 4.78 is 34.0. The molecular formula is C11H17NO4S. The summed E-state index contributed by atoms with van der Waals surface area (Å²) in [7, 11) is -3.52. The van der Waals surface area contributed by atoms with Gasteiger partial charge in [-0.2, -0.15) is 0 Å². The number of sulfone groups is 1. The third-order valence-corrected chi connectivity index (χ3v) is 3.57. The first kappa shape index (κ1) is 13.8. The van der Waals surface area contributed by atoms with Crippen LogP contribution in [0.1, 0.15) is 13.8 Å². The standard InChI is InChI=1S/C11H17NO4S/c1-3-15-8-17(13,14)11-7-9(16-4-2)5-6-10(11)12/h5-7H,3-4,8,12H2,1-2H3. The van der Waals surface area contributed by atoms with E-state index in [-0.39, 0.29) is 16.5 Å². The van der Waals surface area contributed by atoms with Crippen molar-refractivity contribution in [2.24, 2.45) is 0 Å². The maximum Gasteiger partial charge on any atom is 0.204 e. The number of hydrogen-bond donors (Lipinski definition) is 1. The Morgan fingerprint density at radius 3 is 2.53 bits per heavy atom. The fraction of sp³-hybridized carbons (Fsp3) is 0.455. The van der Waals surface area contributed by atoms with Crippen LogP contribution in [0.5, 0.6) is 5.75 Å². The Bertz CT molecular complexity index is 470. The molecule has 0 heterocycles. The number of benzene rings is 1. The van der Waals surface area contributed by atoms with Crippen molar-refractivity contribution in [3.8, 4) is 5.75 Å². The van der Waals surface area contributed by atoms with E-state index >= 15 is 0 Å². The highest BCUT2D eigenvalue weighted by Gasteiger charge is 2.18. The van der Waals surface area contributed by atoms with E-state index in [2.05, 4.69) is 0 Å². The molecule has 2 N–H and O–H groups in total. The Balaban J connectivity index is 3.07. The summed E-state index contributed by atoms with van der Waals surface area (Å²) in [4.78, 5) is 0.0527. The van der Waals surface area contributed by atoms with Crippen molar-refractivity contribution in [1.82, 2.24) is 0 Å². The second kappa shape index (κ2) is 5.88. The van der Waals surface area contributed by atoms with Gasteiger partial charge in [-0.15, -0.1) is 0 Å². The summed E-state index contributed by atoms with van der Waals surface area (Å²) >= 11 is 0. The molecule has 0 radical (unpaired) electrons. The molecule has 0 aliphatic heterocycles. The van der Waals surface area contributed by atoms with Gasteiger partial charge in [0.2, 0.25) is 9.84 Å². The fourth-order valence-corrected chi connectivity index (χ4v) is 2.53. The molecule has 5 nitrogen and oxygen atoms in total. The third-order valence-electron chi connectivity index (χ3n) is 2.07. The zero-order chi connectivity index (χ0) is 12.9. The SMILES string of the molecule is CCOCS(=O)(=O)c1cc(OCC)ccc1N. The molecule has 0 saturated carbocycles. The lowest BCUT2D eigenvalue weighted by atomic mass is 10.3. The van der Waals surface area contributed by atoms with Crippen LogP contribution in [0, 0.1) is 0 Å². The van der Waals surface area contributed by atoms with Crippen molar-refractivity contribution < 1.29 is 17.9 Å². The number of nitrogen functional groups attached to an aromatic ring is 1. The van der Waals surface area contributed by atoms with Crippen LogP contribution in [-0.2, 0) is 14.6 Å². The van der Waals surface area contributed by atoms with Crippen LogP contribution in [0.25, 0.3) is 0 Å². The van der Waals surface area contributed by atoms with Crippen molar-refractivity contribution in [2.45, 2.75) is 18.7 Å². The van der Waals surface area contributed by atoms with E-state index in [0.717, 1.165) is 0 Å². The van der Waals surface area contributed by atoms with Gasteiger partial charge in [-0.1, -0.05) is 0 Å². The van der Waals surface area contributed by atoms with Gasteiger partial charge in [0, 0.05) is 12.7 Å². The predicted octanol–water partition coefficient (Wildman–Crippen LogP) is 1.44. The Morgan fingerprint density at radius 2 is 1.94 bits per heavy atom. The number of hydrogen-bond acceptors (Lipinski definition) is 5. The topological polar surface area (TPSA) is 78.6 Å². The Hall–Kier alpha value is -1.27. The van der Waals surface area contributed by atoms with Crippen LogP contribution in [-0.4, -0.2) is 27.6 Å². The molecule has 96 valence electrons. The van der Waals surface area contributed by atoms with Gasteiger partial charge in [-0.05, 0) is 26.0 Å².